The van der Waals surface area contributed by atoms with Crippen molar-refractivity contribution in [1.29, 1.82) is 0 Å². The van der Waals surface area contributed by atoms with Crippen LogP contribution >= 0.6 is 12.4 Å². The van der Waals surface area contributed by atoms with Crippen LogP contribution in [0.25, 0.3) is 0 Å². The van der Waals surface area contributed by atoms with Gasteiger partial charge in [-0.2, -0.15) is 0 Å². The minimum atomic E-state index is -0.495. The van der Waals surface area contributed by atoms with E-state index in [9.17, 15) is 4.79 Å². The quantitative estimate of drug-likeness (QED) is 0.331. The highest BCUT2D eigenvalue weighted by Crippen LogP contribution is 1.65. The van der Waals surface area contributed by atoms with Crippen LogP contribution in [0.3, 0.4) is 0 Å². The Balaban J connectivity index is 0. The lowest BCUT2D eigenvalue weighted by molar-refractivity contribution is -0.133. The second-order valence-corrected chi connectivity index (χ2v) is 1.32. The van der Waals surface area contributed by atoms with Gasteiger partial charge in [-0.05, 0) is 7.05 Å². The molecule has 0 spiro atoms. The Morgan fingerprint density at radius 1 is 1.70 bits per heavy atom. The highest BCUT2D eigenvalue weighted by atomic mass is 35.5. The number of ether oxygens (including phenoxy) is 1. The number of carbonyl (C=O) groups excluding carboxylic acids is 1. The fraction of sp³-hybridized carbons (Fsp3) is 0.500. The molecule has 1 N–H and O–H groups in total. The van der Waals surface area contributed by atoms with Gasteiger partial charge in [0.15, 0.2) is 0 Å². The summed E-state index contributed by atoms with van der Waals surface area (Å²) in [5, 5.41) is 2.77. The molecule has 0 amide bonds. The summed E-state index contributed by atoms with van der Waals surface area (Å²) in [6.45, 7) is 0.509. The molecule has 3 nitrogen and oxygen atoms in total. The molecule has 0 fully saturated rings. The summed E-state index contributed by atoms with van der Waals surface area (Å²) in [5.41, 5.74) is 0. The summed E-state index contributed by atoms with van der Waals surface area (Å²) in [6, 6.07) is 0. The van der Waals surface area contributed by atoms with Crippen molar-refractivity contribution >= 4 is 18.4 Å². The van der Waals surface area contributed by atoms with Crippen molar-refractivity contribution in [2.45, 2.75) is 0 Å². The zero-order valence-electron chi connectivity index (χ0n) is 5.93. The Morgan fingerprint density at radius 3 is 2.70 bits per heavy atom. The first kappa shape index (κ1) is 12.0. The van der Waals surface area contributed by atoms with E-state index in [1.165, 1.54) is 7.11 Å². The number of hydrogen-bond acceptors (Lipinski definition) is 3. The van der Waals surface area contributed by atoms with E-state index in [0.29, 0.717) is 6.54 Å². The van der Waals surface area contributed by atoms with Crippen LogP contribution in [-0.4, -0.2) is 26.7 Å². The van der Waals surface area contributed by atoms with Gasteiger partial charge in [0.1, 0.15) is 0 Å². The van der Waals surface area contributed by atoms with Gasteiger partial charge in [-0.25, -0.2) is 4.79 Å². The Hall–Kier alpha value is -0.720. The lowest BCUT2D eigenvalue weighted by Gasteiger charge is -1.84. The van der Waals surface area contributed by atoms with Gasteiger partial charge in [0.05, 0.1) is 13.7 Å². The van der Waals surface area contributed by atoms with E-state index >= 15 is 0 Å². The number of hydrogen-bond donors (Lipinski definition) is 1. The Kier molecular flexibility index (Phi) is 9.94. The summed E-state index contributed by atoms with van der Waals surface area (Å²) < 4.78 is 4.26. The van der Waals surface area contributed by atoms with Gasteiger partial charge in [-0.1, -0.05) is 5.92 Å². The Bertz CT molecular complexity index is 148. The first-order valence-electron chi connectivity index (χ1n) is 2.52. The summed E-state index contributed by atoms with van der Waals surface area (Å²) in [5.74, 6) is 4.31. The van der Waals surface area contributed by atoms with Crippen LogP contribution in [0.15, 0.2) is 0 Å². The SMILES string of the molecule is CNCC#CC(=O)OC.Cl. The third-order valence-electron chi connectivity index (χ3n) is 0.641. The fourth-order valence-electron chi connectivity index (χ4n) is 0.256. The molecule has 0 aliphatic rings. The topological polar surface area (TPSA) is 38.3 Å². The molecule has 4 heteroatoms. The van der Waals surface area contributed by atoms with E-state index in [0.717, 1.165) is 0 Å². The smallest absolute Gasteiger partial charge is 0.384 e. The third kappa shape index (κ3) is 7.28. The largest absolute Gasteiger partial charge is 0.459 e. The standard InChI is InChI=1S/C6H9NO2.ClH/c1-7-5-3-4-6(8)9-2;/h7H,5H2,1-2H3;1H. The Labute approximate surface area is 66.5 Å². The molecule has 0 heterocycles. The van der Waals surface area contributed by atoms with Crippen LogP contribution in [0.5, 0.6) is 0 Å². The molecule has 10 heavy (non-hydrogen) atoms. The summed E-state index contributed by atoms with van der Waals surface area (Å²) in [6.07, 6.45) is 0. The maximum Gasteiger partial charge on any atom is 0.384 e. The zero-order chi connectivity index (χ0) is 7.11. The van der Waals surface area contributed by atoms with Crippen LogP contribution in [-0.2, 0) is 9.53 Å². The minimum absolute atomic E-state index is 0. The lowest BCUT2D eigenvalue weighted by Crippen LogP contribution is -2.05. The molecule has 0 bridgehead atoms. The summed E-state index contributed by atoms with van der Waals surface area (Å²) in [4.78, 5) is 10.3. The van der Waals surface area contributed by atoms with Crippen LogP contribution in [0, 0.1) is 11.8 Å². The van der Waals surface area contributed by atoms with Gasteiger partial charge in [0, 0.05) is 5.92 Å². The van der Waals surface area contributed by atoms with Crippen molar-refractivity contribution in [2.24, 2.45) is 0 Å². The van der Waals surface area contributed by atoms with E-state index in [1.807, 2.05) is 0 Å². The van der Waals surface area contributed by atoms with Gasteiger partial charge in [-0.3, -0.25) is 0 Å². The predicted octanol–water partition coefficient (Wildman–Crippen LogP) is -0.196. The maximum absolute atomic E-state index is 10.3. The van der Waals surface area contributed by atoms with Gasteiger partial charge < -0.3 is 10.1 Å². The molecule has 0 radical (unpaired) electrons. The Morgan fingerprint density at radius 2 is 2.30 bits per heavy atom. The number of nitrogens with one attached hydrogen (secondary N) is 1. The first-order chi connectivity index (χ1) is 4.31. The second-order valence-electron chi connectivity index (χ2n) is 1.32. The number of esters is 1. The molecule has 0 aliphatic heterocycles. The molecule has 0 aliphatic carbocycles. The van der Waals surface area contributed by atoms with Crippen molar-refractivity contribution in [3.63, 3.8) is 0 Å². The molecule has 0 atom stereocenters. The highest BCUT2D eigenvalue weighted by molar-refractivity contribution is 5.88. The van der Waals surface area contributed by atoms with Gasteiger partial charge >= 0.3 is 5.97 Å². The maximum atomic E-state index is 10.3. The molecular formula is C6H10ClNO2. The van der Waals surface area contributed by atoms with Crippen LogP contribution in [0.1, 0.15) is 0 Å². The monoisotopic (exact) mass is 163 g/mol. The van der Waals surface area contributed by atoms with E-state index in [-0.39, 0.29) is 12.4 Å². The number of carbonyl (C=O) groups is 1. The van der Waals surface area contributed by atoms with Crippen molar-refractivity contribution in [3.05, 3.63) is 0 Å². The molecule has 0 rings (SSSR count). The van der Waals surface area contributed by atoms with Crippen LogP contribution < -0.4 is 5.32 Å². The normalized spacial score (nSPS) is 6.60. The number of methoxy groups -OCH3 is 1. The zero-order valence-corrected chi connectivity index (χ0v) is 6.75. The summed E-state index contributed by atoms with van der Waals surface area (Å²) >= 11 is 0. The predicted molar refractivity (Wildman–Crippen MR) is 41.0 cm³/mol. The van der Waals surface area contributed by atoms with Crippen LogP contribution in [0.2, 0.25) is 0 Å². The highest BCUT2D eigenvalue weighted by Gasteiger charge is 1.86. The van der Waals surface area contributed by atoms with Gasteiger partial charge in [0.25, 0.3) is 0 Å². The molecule has 0 aromatic heterocycles. The minimum Gasteiger partial charge on any atom is -0.459 e. The molecular weight excluding hydrogens is 154 g/mol. The van der Waals surface area contributed by atoms with E-state index in [1.54, 1.807) is 7.05 Å². The molecule has 58 valence electrons. The van der Waals surface area contributed by atoms with Crippen LogP contribution in [0.4, 0.5) is 0 Å². The van der Waals surface area contributed by atoms with E-state index in [2.05, 4.69) is 21.9 Å². The molecule has 0 saturated carbocycles. The van der Waals surface area contributed by atoms with Gasteiger partial charge in [-0.15, -0.1) is 12.4 Å². The van der Waals surface area contributed by atoms with Crippen molar-refractivity contribution in [3.8, 4) is 11.8 Å². The molecule has 0 unspecified atom stereocenters. The van der Waals surface area contributed by atoms with E-state index < -0.39 is 5.97 Å². The summed E-state index contributed by atoms with van der Waals surface area (Å²) in [7, 11) is 3.06. The average molecular weight is 164 g/mol. The second kappa shape index (κ2) is 8.28. The number of rotatable bonds is 1. The first-order valence-corrected chi connectivity index (χ1v) is 2.52. The third-order valence-corrected chi connectivity index (χ3v) is 0.641. The average Bonchev–Trinajstić information content (AvgIpc) is 1.89. The van der Waals surface area contributed by atoms with Gasteiger partial charge in [0.2, 0.25) is 0 Å². The number of halogens is 1. The van der Waals surface area contributed by atoms with E-state index in [4.69, 9.17) is 0 Å². The molecule has 0 aromatic rings. The molecule has 0 aromatic carbocycles. The van der Waals surface area contributed by atoms with Crippen molar-refractivity contribution in [2.75, 3.05) is 20.7 Å². The molecule has 0 saturated heterocycles. The van der Waals surface area contributed by atoms with Crippen molar-refractivity contribution < 1.29 is 9.53 Å². The fourth-order valence-corrected chi connectivity index (χ4v) is 0.256. The van der Waals surface area contributed by atoms with Crippen molar-refractivity contribution in [1.82, 2.24) is 5.32 Å². The lowest BCUT2D eigenvalue weighted by atomic mass is 10.5.